The number of para-hydroxylation sites is 1. The van der Waals surface area contributed by atoms with Crippen molar-refractivity contribution < 1.29 is 19.2 Å². The summed E-state index contributed by atoms with van der Waals surface area (Å²) in [7, 11) is 0. The molecule has 0 aliphatic carbocycles. The van der Waals surface area contributed by atoms with E-state index in [1.54, 1.807) is 12.1 Å². The third kappa shape index (κ3) is 4.41. The Bertz CT molecular complexity index is 1240. The Labute approximate surface area is 168 Å². The van der Waals surface area contributed by atoms with Gasteiger partial charge in [-0.3, -0.25) is 34.0 Å². The van der Waals surface area contributed by atoms with Gasteiger partial charge in [-0.1, -0.05) is 12.1 Å². The maximum atomic E-state index is 12.3. The van der Waals surface area contributed by atoms with Crippen LogP contribution in [0.2, 0.25) is 0 Å². The molecule has 0 fully saturated rings. The van der Waals surface area contributed by atoms with Gasteiger partial charge in [-0.05, 0) is 31.2 Å². The molecule has 0 bridgehead atoms. The van der Waals surface area contributed by atoms with Crippen LogP contribution in [0.1, 0.15) is 6.92 Å². The number of nitro benzene ring substituents is 1. The van der Waals surface area contributed by atoms with Crippen molar-refractivity contribution >= 4 is 34.2 Å². The summed E-state index contributed by atoms with van der Waals surface area (Å²) in [4.78, 5) is 60.6. The number of amides is 1. The van der Waals surface area contributed by atoms with Crippen molar-refractivity contribution in [1.29, 1.82) is 0 Å². The van der Waals surface area contributed by atoms with Crippen LogP contribution in [-0.4, -0.2) is 32.5 Å². The Hall–Kier alpha value is -4.28. The van der Waals surface area contributed by atoms with Crippen molar-refractivity contribution in [3.63, 3.8) is 0 Å². The van der Waals surface area contributed by atoms with E-state index in [9.17, 15) is 29.3 Å². The van der Waals surface area contributed by atoms with Crippen LogP contribution in [0.25, 0.3) is 10.9 Å². The molecule has 1 heterocycles. The van der Waals surface area contributed by atoms with E-state index in [1.807, 2.05) is 0 Å². The second kappa shape index (κ2) is 8.39. The van der Waals surface area contributed by atoms with Crippen molar-refractivity contribution in [2.45, 2.75) is 19.6 Å². The van der Waals surface area contributed by atoms with Gasteiger partial charge in [0, 0.05) is 17.8 Å². The average Bonchev–Trinajstić information content (AvgIpc) is 2.71. The van der Waals surface area contributed by atoms with E-state index in [1.165, 1.54) is 43.3 Å². The highest BCUT2D eigenvalue weighted by atomic mass is 16.6. The molecule has 2 N–H and O–H groups in total. The minimum Gasteiger partial charge on any atom is -0.451 e. The molecule has 0 radical (unpaired) electrons. The summed E-state index contributed by atoms with van der Waals surface area (Å²) < 4.78 is 6.12. The first-order valence-corrected chi connectivity index (χ1v) is 8.73. The summed E-state index contributed by atoms with van der Waals surface area (Å²) >= 11 is 0. The third-order valence-electron chi connectivity index (χ3n) is 4.22. The number of hydrogen-bond acceptors (Lipinski definition) is 7. The highest BCUT2D eigenvalue weighted by molar-refractivity contribution is 5.95. The van der Waals surface area contributed by atoms with E-state index in [2.05, 4.69) is 10.3 Å². The van der Waals surface area contributed by atoms with E-state index in [-0.39, 0.29) is 22.3 Å². The number of carbonyl (C=O) groups excluding carboxylic acids is 2. The van der Waals surface area contributed by atoms with E-state index in [0.29, 0.717) is 0 Å². The van der Waals surface area contributed by atoms with Gasteiger partial charge in [-0.15, -0.1) is 0 Å². The van der Waals surface area contributed by atoms with Crippen molar-refractivity contribution in [2.24, 2.45) is 0 Å². The summed E-state index contributed by atoms with van der Waals surface area (Å²) in [6.45, 7) is 0.831. The first kappa shape index (κ1) is 20.5. The molecule has 0 saturated carbocycles. The van der Waals surface area contributed by atoms with Gasteiger partial charge in [0.05, 0.1) is 15.8 Å². The van der Waals surface area contributed by atoms with Crippen LogP contribution in [0.15, 0.2) is 58.1 Å². The minimum atomic E-state index is -1.20. The predicted molar refractivity (Wildman–Crippen MR) is 106 cm³/mol. The number of non-ortho nitro benzene ring substituents is 1. The fraction of sp³-hybridized carbons (Fsp3) is 0.158. The molecular formula is C19H16N4O7. The van der Waals surface area contributed by atoms with Gasteiger partial charge in [0.2, 0.25) is 0 Å². The number of rotatable bonds is 6. The molecule has 1 aromatic heterocycles. The number of fused-ring (bicyclic) bond motifs is 1. The van der Waals surface area contributed by atoms with Gasteiger partial charge >= 0.3 is 11.7 Å². The molecule has 154 valence electrons. The monoisotopic (exact) mass is 412 g/mol. The first-order valence-electron chi connectivity index (χ1n) is 8.73. The molecule has 1 amide bonds. The molecule has 2 aromatic carbocycles. The molecule has 3 aromatic rings. The quantitative estimate of drug-likeness (QED) is 0.350. The van der Waals surface area contributed by atoms with Gasteiger partial charge in [0.15, 0.2) is 6.10 Å². The Morgan fingerprint density at radius 1 is 1.17 bits per heavy atom. The lowest BCUT2D eigenvalue weighted by Crippen LogP contribution is -2.35. The number of carbonyl (C=O) groups is 2. The topological polar surface area (TPSA) is 153 Å². The molecule has 3 rings (SSSR count). The number of H-pyrrole nitrogens is 1. The molecule has 0 spiro atoms. The van der Waals surface area contributed by atoms with Crippen LogP contribution in [-0.2, 0) is 20.9 Å². The summed E-state index contributed by atoms with van der Waals surface area (Å²) in [6, 6.07) is 11.4. The number of aromatic nitrogens is 2. The third-order valence-corrected chi connectivity index (χ3v) is 4.22. The molecule has 1 unspecified atom stereocenters. The zero-order chi connectivity index (χ0) is 21.8. The van der Waals surface area contributed by atoms with Crippen molar-refractivity contribution in [1.82, 2.24) is 9.55 Å². The normalized spacial score (nSPS) is 11.6. The number of benzene rings is 2. The maximum Gasteiger partial charge on any atom is 0.329 e. The van der Waals surface area contributed by atoms with E-state index >= 15 is 0 Å². The van der Waals surface area contributed by atoms with E-state index in [4.69, 9.17) is 4.74 Å². The van der Waals surface area contributed by atoms with Gasteiger partial charge < -0.3 is 10.1 Å². The van der Waals surface area contributed by atoms with Crippen LogP contribution >= 0.6 is 0 Å². The number of hydrogen-bond donors (Lipinski definition) is 2. The maximum absolute atomic E-state index is 12.3. The number of ether oxygens (including phenoxy) is 1. The number of nitro groups is 1. The molecule has 0 saturated heterocycles. The van der Waals surface area contributed by atoms with Crippen molar-refractivity contribution in [3.05, 3.63) is 79.5 Å². The highest BCUT2D eigenvalue weighted by Gasteiger charge is 2.20. The molecule has 11 nitrogen and oxygen atoms in total. The molecule has 1 atom stereocenters. The molecule has 30 heavy (non-hydrogen) atoms. The fourth-order valence-electron chi connectivity index (χ4n) is 2.73. The van der Waals surface area contributed by atoms with E-state index < -0.39 is 40.7 Å². The smallest absolute Gasteiger partial charge is 0.329 e. The Balaban J connectivity index is 1.68. The van der Waals surface area contributed by atoms with Crippen molar-refractivity contribution in [3.8, 4) is 0 Å². The van der Waals surface area contributed by atoms with Crippen LogP contribution in [0.4, 0.5) is 11.4 Å². The summed E-state index contributed by atoms with van der Waals surface area (Å²) in [6.07, 6.45) is -1.20. The lowest BCUT2D eigenvalue weighted by atomic mass is 10.2. The number of nitrogens with zero attached hydrogens (tertiary/aromatic N) is 2. The molecule has 0 aliphatic rings. The second-order valence-electron chi connectivity index (χ2n) is 6.29. The SMILES string of the molecule is CC(OC(=O)Cn1c(=O)[nH]c(=O)c2ccccc21)C(=O)Nc1ccc([N+](=O)[O-])cc1. The zero-order valence-electron chi connectivity index (χ0n) is 15.7. The molecular weight excluding hydrogens is 396 g/mol. The van der Waals surface area contributed by atoms with Crippen LogP contribution in [0, 0.1) is 10.1 Å². The van der Waals surface area contributed by atoms with Crippen LogP contribution in [0.5, 0.6) is 0 Å². The zero-order valence-corrected chi connectivity index (χ0v) is 15.7. The second-order valence-corrected chi connectivity index (χ2v) is 6.29. The van der Waals surface area contributed by atoms with Crippen molar-refractivity contribution in [2.75, 3.05) is 5.32 Å². The van der Waals surface area contributed by atoms with Gasteiger partial charge in [-0.25, -0.2) is 4.79 Å². The standard InChI is InChI=1S/C19H16N4O7/c1-11(17(25)20-12-6-8-13(9-7-12)23(28)29)30-16(24)10-22-15-5-3-2-4-14(15)18(26)21-19(22)27/h2-9,11H,10H2,1H3,(H,20,25)(H,21,26,27). The number of nitrogens with one attached hydrogen (secondary N) is 2. The van der Waals surface area contributed by atoms with E-state index in [0.717, 1.165) is 4.57 Å². The summed E-state index contributed by atoms with van der Waals surface area (Å²) in [5.41, 5.74) is -0.941. The van der Waals surface area contributed by atoms with Gasteiger partial charge in [0.1, 0.15) is 6.54 Å². The average molecular weight is 412 g/mol. The Morgan fingerprint density at radius 3 is 2.50 bits per heavy atom. The summed E-state index contributed by atoms with van der Waals surface area (Å²) in [5, 5.41) is 13.4. The number of aromatic amines is 1. The van der Waals surface area contributed by atoms with Crippen LogP contribution in [0.3, 0.4) is 0 Å². The lowest BCUT2D eigenvalue weighted by Gasteiger charge is -2.14. The van der Waals surface area contributed by atoms with Crippen LogP contribution < -0.4 is 16.6 Å². The highest BCUT2D eigenvalue weighted by Crippen LogP contribution is 2.16. The van der Waals surface area contributed by atoms with Gasteiger partial charge in [-0.2, -0.15) is 0 Å². The minimum absolute atomic E-state index is 0.133. The predicted octanol–water partition coefficient (Wildman–Crippen LogP) is 1.17. The molecule has 0 aliphatic heterocycles. The first-order chi connectivity index (χ1) is 14.3. The lowest BCUT2D eigenvalue weighted by molar-refractivity contribution is -0.384. The largest absolute Gasteiger partial charge is 0.451 e. The fourth-order valence-corrected chi connectivity index (χ4v) is 2.73. The van der Waals surface area contributed by atoms with Gasteiger partial charge in [0.25, 0.3) is 17.2 Å². The number of anilines is 1. The Morgan fingerprint density at radius 2 is 1.83 bits per heavy atom. The molecule has 11 heteroatoms. The number of esters is 1. The summed E-state index contributed by atoms with van der Waals surface area (Å²) in [5.74, 6) is -1.52. The Kier molecular flexibility index (Phi) is 5.72.